The van der Waals surface area contributed by atoms with Gasteiger partial charge in [0, 0.05) is 55.5 Å². The van der Waals surface area contributed by atoms with Crippen LogP contribution in [-0.2, 0) is 0 Å². The molecule has 2 aromatic rings. The molecular formula is C30H44N4O2. The number of carbonyl (C=O) groups is 1. The molecule has 1 N–H and O–H groups in total. The van der Waals surface area contributed by atoms with Crippen LogP contribution in [0.4, 0.5) is 10.5 Å². The molecule has 6 nitrogen and oxygen atoms in total. The normalized spacial score (nSPS) is 22.8. The van der Waals surface area contributed by atoms with Gasteiger partial charge < -0.3 is 15.0 Å². The first-order chi connectivity index (χ1) is 17.3. The standard InChI is InChI=1S/C30H44N4O2/c1-22(2)32(23(3)4)20-19-31-25-11-13-27(14-12-25)34-24(5)21-33(30(34)35)26-15-17-29(18-16-26)36-28-9-7-6-8-10-28/h6-10,15-18,22-25,27,31H,11-14,19-21H2,1-5H3. The van der Waals surface area contributed by atoms with Gasteiger partial charge in [0.05, 0.1) is 0 Å². The van der Waals surface area contributed by atoms with Crippen molar-refractivity contribution in [2.24, 2.45) is 0 Å². The first kappa shape index (κ1) is 26.5. The van der Waals surface area contributed by atoms with Crippen molar-refractivity contribution in [2.45, 2.75) is 90.5 Å². The Morgan fingerprint density at radius 2 is 1.53 bits per heavy atom. The van der Waals surface area contributed by atoms with Crippen LogP contribution in [-0.4, -0.2) is 65.7 Å². The van der Waals surface area contributed by atoms with Crippen molar-refractivity contribution >= 4 is 11.7 Å². The Morgan fingerprint density at radius 3 is 2.14 bits per heavy atom. The average Bonchev–Trinajstić information content (AvgIpc) is 3.16. The number of nitrogens with zero attached hydrogens (tertiary/aromatic N) is 3. The molecular weight excluding hydrogens is 448 g/mol. The molecule has 1 heterocycles. The second-order valence-corrected chi connectivity index (χ2v) is 10.9. The zero-order valence-corrected chi connectivity index (χ0v) is 22.7. The maximum Gasteiger partial charge on any atom is 0.325 e. The van der Waals surface area contributed by atoms with E-state index in [1.807, 2.05) is 59.5 Å². The second-order valence-electron chi connectivity index (χ2n) is 10.9. The highest BCUT2D eigenvalue weighted by Gasteiger charge is 2.40. The number of urea groups is 1. The molecule has 1 saturated heterocycles. The molecule has 4 rings (SSSR count). The quantitative estimate of drug-likeness (QED) is 0.433. The largest absolute Gasteiger partial charge is 0.457 e. The lowest BCUT2D eigenvalue weighted by Crippen LogP contribution is -2.48. The lowest BCUT2D eigenvalue weighted by molar-refractivity contribution is 0.145. The summed E-state index contributed by atoms with van der Waals surface area (Å²) in [6.45, 7) is 14.1. The summed E-state index contributed by atoms with van der Waals surface area (Å²) in [7, 11) is 0. The molecule has 1 aliphatic carbocycles. The molecule has 1 saturated carbocycles. The van der Waals surface area contributed by atoms with E-state index in [0.29, 0.717) is 24.2 Å². The third kappa shape index (κ3) is 6.40. The molecule has 0 bridgehead atoms. The van der Waals surface area contributed by atoms with E-state index in [4.69, 9.17) is 4.74 Å². The van der Waals surface area contributed by atoms with Crippen LogP contribution in [0.15, 0.2) is 54.6 Å². The molecule has 2 fully saturated rings. The van der Waals surface area contributed by atoms with E-state index < -0.39 is 0 Å². The summed E-state index contributed by atoms with van der Waals surface area (Å²) in [5.74, 6) is 1.58. The van der Waals surface area contributed by atoms with Crippen LogP contribution in [0, 0.1) is 0 Å². The van der Waals surface area contributed by atoms with Crippen molar-refractivity contribution in [3.05, 3.63) is 54.6 Å². The lowest BCUT2D eigenvalue weighted by Gasteiger charge is -2.37. The van der Waals surface area contributed by atoms with Crippen molar-refractivity contribution in [2.75, 3.05) is 24.5 Å². The summed E-state index contributed by atoms with van der Waals surface area (Å²) >= 11 is 0. The topological polar surface area (TPSA) is 48.0 Å². The highest BCUT2D eigenvalue weighted by Crippen LogP contribution is 2.32. The fourth-order valence-corrected chi connectivity index (χ4v) is 5.88. The third-order valence-corrected chi connectivity index (χ3v) is 7.72. The number of carbonyl (C=O) groups excluding carboxylic acids is 1. The van der Waals surface area contributed by atoms with E-state index in [9.17, 15) is 4.79 Å². The Labute approximate surface area is 217 Å². The van der Waals surface area contributed by atoms with Gasteiger partial charge in [-0.1, -0.05) is 18.2 Å². The zero-order valence-electron chi connectivity index (χ0n) is 22.7. The molecule has 0 radical (unpaired) electrons. The van der Waals surface area contributed by atoms with Gasteiger partial charge in [0.25, 0.3) is 0 Å². The lowest BCUT2D eigenvalue weighted by atomic mass is 9.90. The third-order valence-electron chi connectivity index (χ3n) is 7.72. The SMILES string of the molecule is CC(C)N(CCNC1CCC(N2C(=O)N(c3ccc(Oc4ccccc4)cc3)CC2C)CC1)C(C)C. The predicted octanol–water partition coefficient (Wildman–Crippen LogP) is 6.13. The molecule has 0 spiro atoms. The van der Waals surface area contributed by atoms with Crippen LogP contribution in [0.5, 0.6) is 11.5 Å². The predicted molar refractivity (Wildman–Crippen MR) is 148 cm³/mol. The van der Waals surface area contributed by atoms with Crippen LogP contribution >= 0.6 is 0 Å². The molecule has 1 unspecified atom stereocenters. The maximum atomic E-state index is 13.4. The van der Waals surface area contributed by atoms with Crippen LogP contribution in [0.2, 0.25) is 0 Å². The molecule has 2 aliphatic rings. The highest BCUT2D eigenvalue weighted by atomic mass is 16.5. The number of anilines is 1. The van der Waals surface area contributed by atoms with E-state index in [1.165, 1.54) is 0 Å². The van der Waals surface area contributed by atoms with Gasteiger partial charge in [0.2, 0.25) is 0 Å². The minimum Gasteiger partial charge on any atom is -0.457 e. The van der Waals surface area contributed by atoms with Gasteiger partial charge in [0.15, 0.2) is 0 Å². The molecule has 1 aliphatic heterocycles. The summed E-state index contributed by atoms with van der Waals surface area (Å²) in [6, 6.07) is 20.0. The zero-order chi connectivity index (χ0) is 25.7. The highest BCUT2D eigenvalue weighted by molar-refractivity contribution is 5.94. The minimum atomic E-state index is 0.139. The Kier molecular flexibility index (Phi) is 8.91. The maximum absolute atomic E-state index is 13.4. The molecule has 196 valence electrons. The smallest absolute Gasteiger partial charge is 0.325 e. The Hall–Kier alpha value is -2.57. The molecule has 2 aromatic carbocycles. The minimum absolute atomic E-state index is 0.139. The Morgan fingerprint density at radius 1 is 0.917 bits per heavy atom. The first-order valence-electron chi connectivity index (χ1n) is 13.8. The Bertz CT molecular complexity index is 947. The fraction of sp³-hybridized carbons (Fsp3) is 0.567. The van der Waals surface area contributed by atoms with Crippen molar-refractivity contribution in [1.82, 2.24) is 15.1 Å². The van der Waals surface area contributed by atoms with Gasteiger partial charge in [-0.25, -0.2) is 4.79 Å². The van der Waals surface area contributed by atoms with Gasteiger partial charge in [0.1, 0.15) is 11.5 Å². The van der Waals surface area contributed by atoms with E-state index >= 15 is 0 Å². The monoisotopic (exact) mass is 492 g/mol. The number of hydrogen-bond acceptors (Lipinski definition) is 4. The van der Waals surface area contributed by atoms with Crippen molar-refractivity contribution in [3.8, 4) is 11.5 Å². The van der Waals surface area contributed by atoms with E-state index in [2.05, 4.69) is 49.7 Å². The van der Waals surface area contributed by atoms with Gasteiger partial charge in [-0.05, 0) is 96.7 Å². The van der Waals surface area contributed by atoms with Crippen molar-refractivity contribution < 1.29 is 9.53 Å². The number of nitrogens with one attached hydrogen (secondary N) is 1. The van der Waals surface area contributed by atoms with Gasteiger partial charge in [-0.2, -0.15) is 0 Å². The van der Waals surface area contributed by atoms with Crippen LogP contribution in [0.3, 0.4) is 0 Å². The number of hydrogen-bond donors (Lipinski definition) is 1. The molecule has 1 atom stereocenters. The number of rotatable bonds is 10. The first-order valence-corrected chi connectivity index (χ1v) is 13.8. The molecule has 36 heavy (non-hydrogen) atoms. The number of amides is 2. The molecule has 0 aromatic heterocycles. The van der Waals surface area contributed by atoms with Crippen molar-refractivity contribution in [3.63, 3.8) is 0 Å². The van der Waals surface area contributed by atoms with Gasteiger partial charge in [-0.15, -0.1) is 0 Å². The van der Waals surface area contributed by atoms with E-state index in [1.54, 1.807) is 0 Å². The van der Waals surface area contributed by atoms with Crippen LogP contribution in [0.1, 0.15) is 60.3 Å². The number of para-hydroxylation sites is 1. The average molecular weight is 493 g/mol. The Balaban J connectivity index is 1.27. The van der Waals surface area contributed by atoms with Gasteiger partial charge >= 0.3 is 6.03 Å². The summed E-state index contributed by atoms with van der Waals surface area (Å²) in [5.41, 5.74) is 0.935. The van der Waals surface area contributed by atoms with Gasteiger partial charge in [-0.3, -0.25) is 9.80 Å². The van der Waals surface area contributed by atoms with Crippen molar-refractivity contribution in [1.29, 1.82) is 0 Å². The van der Waals surface area contributed by atoms with E-state index in [-0.39, 0.29) is 12.1 Å². The summed E-state index contributed by atoms with van der Waals surface area (Å²) < 4.78 is 5.91. The summed E-state index contributed by atoms with van der Waals surface area (Å²) in [4.78, 5) is 20.1. The fourth-order valence-electron chi connectivity index (χ4n) is 5.88. The van der Waals surface area contributed by atoms with Crippen LogP contribution in [0.25, 0.3) is 0 Å². The number of benzene rings is 2. The van der Waals surface area contributed by atoms with E-state index in [0.717, 1.165) is 62.5 Å². The molecule has 6 heteroatoms. The number of ether oxygens (including phenoxy) is 1. The summed E-state index contributed by atoms with van der Waals surface area (Å²) in [5, 5.41) is 3.79. The summed E-state index contributed by atoms with van der Waals surface area (Å²) in [6.07, 6.45) is 4.42. The van der Waals surface area contributed by atoms with Crippen LogP contribution < -0.4 is 15.0 Å². The second kappa shape index (κ2) is 12.1. The molecule has 2 amide bonds.